The highest BCUT2D eigenvalue weighted by atomic mass is 16.5. The lowest BCUT2D eigenvalue weighted by Crippen LogP contribution is -2.77. The van der Waals surface area contributed by atoms with Gasteiger partial charge in [-0.2, -0.15) is 5.26 Å². The van der Waals surface area contributed by atoms with Crippen molar-refractivity contribution in [2.75, 3.05) is 6.61 Å². The number of rotatable bonds is 1. The summed E-state index contributed by atoms with van der Waals surface area (Å²) in [5.41, 5.74) is 7.26. The Morgan fingerprint density at radius 3 is 2.65 bits per heavy atom. The molecule has 122 valence electrons. The number of benzene rings is 1. The fourth-order valence-electron chi connectivity index (χ4n) is 5.18. The van der Waals surface area contributed by atoms with Crippen LogP contribution in [0.5, 0.6) is 0 Å². The van der Waals surface area contributed by atoms with E-state index in [1.165, 1.54) is 12.0 Å². The molecule has 0 unspecified atom stereocenters. The first-order valence-electron chi connectivity index (χ1n) is 8.86. The van der Waals surface area contributed by atoms with Crippen molar-refractivity contribution >= 4 is 0 Å². The van der Waals surface area contributed by atoms with Crippen LogP contribution in [0, 0.1) is 11.3 Å². The van der Waals surface area contributed by atoms with Gasteiger partial charge in [0.15, 0.2) is 0 Å². The number of nitrogens with zero attached hydrogens (tertiary/aromatic N) is 2. The van der Waals surface area contributed by atoms with E-state index in [1.807, 2.05) is 6.07 Å². The molecule has 4 rings (SSSR count). The number of piperidine rings is 1. The van der Waals surface area contributed by atoms with E-state index in [1.54, 1.807) is 0 Å². The van der Waals surface area contributed by atoms with E-state index in [-0.39, 0.29) is 17.6 Å². The van der Waals surface area contributed by atoms with Gasteiger partial charge in [-0.25, -0.2) is 0 Å². The molecule has 1 spiro atoms. The fourth-order valence-corrected chi connectivity index (χ4v) is 5.18. The van der Waals surface area contributed by atoms with Gasteiger partial charge >= 0.3 is 0 Å². The van der Waals surface area contributed by atoms with Crippen molar-refractivity contribution < 1.29 is 4.74 Å². The Bertz CT molecular complexity index is 609. The molecule has 3 aliphatic rings. The van der Waals surface area contributed by atoms with Crippen LogP contribution < -0.4 is 5.73 Å². The minimum absolute atomic E-state index is 0.0566. The lowest BCUT2D eigenvalue weighted by Gasteiger charge is -2.65. The Labute approximate surface area is 138 Å². The molecular weight excluding hydrogens is 286 g/mol. The maximum absolute atomic E-state index is 9.79. The van der Waals surface area contributed by atoms with Crippen molar-refractivity contribution in [1.29, 1.82) is 5.26 Å². The summed E-state index contributed by atoms with van der Waals surface area (Å²) in [4.78, 5) is 2.45. The molecule has 0 amide bonds. The molecule has 4 nitrogen and oxygen atoms in total. The van der Waals surface area contributed by atoms with E-state index in [4.69, 9.17) is 10.5 Å². The molecule has 23 heavy (non-hydrogen) atoms. The third kappa shape index (κ3) is 2.15. The molecule has 1 saturated carbocycles. The fraction of sp³-hybridized carbons (Fsp3) is 0.632. The molecule has 1 aromatic rings. The molecule has 4 atom stereocenters. The van der Waals surface area contributed by atoms with Gasteiger partial charge in [-0.1, -0.05) is 36.8 Å². The zero-order chi connectivity index (χ0) is 15.9. The van der Waals surface area contributed by atoms with E-state index in [0.29, 0.717) is 6.61 Å². The molecular formula is C19H25N3O. The zero-order valence-electron chi connectivity index (χ0n) is 13.6. The van der Waals surface area contributed by atoms with Crippen LogP contribution in [0.15, 0.2) is 30.3 Å². The van der Waals surface area contributed by atoms with Crippen molar-refractivity contribution in [2.45, 2.75) is 68.3 Å². The van der Waals surface area contributed by atoms with E-state index >= 15 is 0 Å². The van der Waals surface area contributed by atoms with Gasteiger partial charge in [0.25, 0.3) is 0 Å². The zero-order valence-corrected chi connectivity index (χ0v) is 13.6. The standard InChI is InChI=1S/C19H25N3O/c20-13-16-9-6-11-18-10-4-5-12-19(18,21)23-14-17(22(16)18)15-7-2-1-3-8-15/h1-3,7-8,16-17H,4-6,9-12,14,21H2/t16-,17-,18-,19-/m0/s1. The molecule has 3 fully saturated rings. The van der Waals surface area contributed by atoms with Crippen LogP contribution in [0.4, 0.5) is 0 Å². The summed E-state index contributed by atoms with van der Waals surface area (Å²) in [7, 11) is 0. The van der Waals surface area contributed by atoms with Gasteiger partial charge in [0.2, 0.25) is 0 Å². The minimum Gasteiger partial charge on any atom is -0.357 e. The van der Waals surface area contributed by atoms with Crippen molar-refractivity contribution in [2.24, 2.45) is 5.73 Å². The Kier molecular flexibility index (Phi) is 3.68. The van der Waals surface area contributed by atoms with Gasteiger partial charge in [-0.3, -0.25) is 4.90 Å². The van der Waals surface area contributed by atoms with E-state index in [2.05, 4.69) is 35.2 Å². The quantitative estimate of drug-likeness (QED) is 0.865. The molecule has 2 N–H and O–H groups in total. The molecule has 4 heteroatoms. The summed E-state index contributed by atoms with van der Waals surface area (Å²) in [5.74, 6) is 0. The molecule has 2 saturated heterocycles. The van der Waals surface area contributed by atoms with Crippen LogP contribution in [0.1, 0.15) is 56.6 Å². The Morgan fingerprint density at radius 1 is 1.13 bits per heavy atom. The van der Waals surface area contributed by atoms with E-state index < -0.39 is 5.72 Å². The summed E-state index contributed by atoms with van der Waals surface area (Å²) < 4.78 is 6.32. The van der Waals surface area contributed by atoms with E-state index in [9.17, 15) is 5.26 Å². The Hall–Kier alpha value is -1.41. The maximum Gasteiger partial charge on any atom is 0.135 e. The molecule has 0 bridgehead atoms. The van der Waals surface area contributed by atoms with Crippen molar-refractivity contribution in [1.82, 2.24) is 4.90 Å². The third-order valence-corrected chi connectivity index (χ3v) is 6.24. The van der Waals surface area contributed by atoms with Crippen molar-refractivity contribution in [3.8, 4) is 6.07 Å². The van der Waals surface area contributed by atoms with Gasteiger partial charge in [0.1, 0.15) is 5.72 Å². The van der Waals surface area contributed by atoms with Crippen LogP contribution in [-0.2, 0) is 4.74 Å². The second kappa shape index (κ2) is 5.59. The van der Waals surface area contributed by atoms with Crippen LogP contribution >= 0.6 is 0 Å². The molecule has 0 aromatic heterocycles. The highest BCUT2D eigenvalue weighted by molar-refractivity contribution is 5.26. The highest BCUT2D eigenvalue weighted by Crippen LogP contribution is 2.54. The summed E-state index contributed by atoms with van der Waals surface area (Å²) in [6.45, 7) is 0.584. The first kappa shape index (κ1) is 15.1. The predicted octanol–water partition coefficient (Wildman–Crippen LogP) is 3.10. The number of nitriles is 1. The maximum atomic E-state index is 9.79. The first-order chi connectivity index (χ1) is 11.2. The summed E-state index contributed by atoms with van der Waals surface area (Å²) in [5, 5.41) is 9.79. The molecule has 2 heterocycles. The molecule has 1 aromatic carbocycles. The second-order valence-electron chi connectivity index (χ2n) is 7.31. The van der Waals surface area contributed by atoms with Crippen LogP contribution in [0.2, 0.25) is 0 Å². The lowest BCUT2D eigenvalue weighted by molar-refractivity contribution is -0.254. The van der Waals surface area contributed by atoms with Gasteiger partial charge in [-0.05, 0) is 44.1 Å². The summed E-state index contributed by atoms with van der Waals surface area (Å²) >= 11 is 0. The molecule has 0 radical (unpaired) electrons. The first-order valence-corrected chi connectivity index (χ1v) is 8.86. The lowest BCUT2D eigenvalue weighted by atomic mass is 9.65. The number of hydrogen-bond acceptors (Lipinski definition) is 4. The Morgan fingerprint density at radius 2 is 1.87 bits per heavy atom. The minimum atomic E-state index is -0.591. The van der Waals surface area contributed by atoms with Crippen LogP contribution in [0.25, 0.3) is 0 Å². The van der Waals surface area contributed by atoms with Gasteiger partial charge in [0, 0.05) is 0 Å². The van der Waals surface area contributed by atoms with Crippen LogP contribution in [0.3, 0.4) is 0 Å². The average Bonchev–Trinajstić information content (AvgIpc) is 2.60. The Balaban J connectivity index is 1.81. The molecule has 2 aliphatic heterocycles. The van der Waals surface area contributed by atoms with Crippen molar-refractivity contribution in [3.05, 3.63) is 35.9 Å². The summed E-state index contributed by atoms with van der Waals surface area (Å²) in [6.07, 6.45) is 7.31. The second-order valence-corrected chi connectivity index (χ2v) is 7.31. The monoisotopic (exact) mass is 311 g/mol. The van der Waals surface area contributed by atoms with Gasteiger partial charge < -0.3 is 10.5 Å². The van der Waals surface area contributed by atoms with Gasteiger partial charge in [0.05, 0.1) is 30.3 Å². The number of morpholine rings is 1. The SMILES string of the molecule is N#C[C@@H]1CCC[C@@]23CCCC[C@]2(N)OC[C@@H](c2ccccc2)N13. The topological polar surface area (TPSA) is 62.3 Å². The average molecular weight is 311 g/mol. The van der Waals surface area contributed by atoms with Gasteiger partial charge in [-0.15, -0.1) is 0 Å². The number of hydrogen-bond donors (Lipinski definition) is 1. The van der Waals surface area contributed by atoms with E-state index in [0.717, 1.165) is 38.5 Å². The number of ether oxygens (including phenoxy) is 1. The van der Waals surface area contributed by atoms with Crippen molar-refractivity contribution in [3.63, 3.8) is 0 Å². The van der Waals surface area contributed by atoms with Crippen LogP contribution in [-0.4, -0.2) is 28.8 Å². The normalized spacial score (nSPS) is 40.7. The highest BCUT2D eigenvalue weighted by Gasteiger charge is 2.62. The largest absolute Gasteiger partial charge is 0.357 e. The predicted molar refractivity (Wildman–Crippen MR) is 88.3 cm³/mol. The smallest absolute Gasteiger partial charge is 0.135 e. The third-order valence-electron chi connectivity index (χ3n) is 6.24. The molecule has 1 aliphatic carbocycles. The number of nitrogens with two attached hydrogens (primary N) is 1. The summed E-state index contributed by atoms with van der Waals surface area (Å²) in [6, 6.07) is 13.1.